The van der Waals surface area contributed by atoms with Crippen molar-refractivity contribution in [3.63, 3.8) is 0 Å². The van der Waals surface area contributed by atoms with E-state index >= 15 is 0 Å². The first-order chi connectivity index (χ1) is 28.2. The Morgan fingerprint density at radius 2 is 1.05 bits per heavy atom. The molecule has 0 aromatic heterocycles. The zero-order valence-electron chi connectivity index (χ0n) is 34.0. The standard InChI is InChI=1S/C15H17FO3.C15H15FO3.C11H11FO3.C4H8O2/c2*1-2-19-15(18)13(10-4-3-5-10)14(17)11-6-8-12(16)9-7-11;1-2-15-11(14)7-10(13)8-3-5-9(12)6-4-8;1-3-6-4(2)5/h6-10,13H,2-5H2,1H3;6-9H,2-5H2,1H3;3-6H,2,7H2,1H3;3H2,1-2H3. The van der Waals surface area contributed by atoms with Crippen LogP contribution in [-0.2, 0) is 38.1 Å². The van der Waals surface area contributed by atoms with Crippen molar-refractivity contribution in [2.24, 2.45) is 11.8 Å². The predicted octanol–water partition coefficient (Wildman–Crippen LogP) is 8.57. The van der Waals surface area contributed by atoms with Gasteiger partial charge >= 0.3 is 23.9 Å². The van der Waals surface area contributed by atoms with Crippen LogP contribution in [0.3, 0.4) is 0 Å². The first-order valence-electron chi connectivity index (χ1n) is 19.4. The van der Waals surface area contributed by atoms with Crippen LogP contribution in [0.5, 0.6) is 0 Å². The summed E-state index contributed by atoms with van der Waals surface area (Å²) in [4.78, 5) is 80.8. The summed E-state index contributed by atoms with van der Waals surface area (Å²) < 4.78 is 57.2. The normalized spacial score (nSPS) is 13.0. The molecule has 0 amide bonds. The highest BCUT2D eigenvalue weighted by molar-refractivity contribution is 6.24. The SMILES string of the molecule is CCOC(=O)C(C(=O)c1ccc(F)cc1)=C1CCC1.CCOC(=O)C(C(=O)c1ccc(F)cc1)C1CCC1.CCOC(=O)CC(=O)c1ccc(F)cc1.CCOC(C)=O. The maximum atomic E-state index is 12.9. The van der Waals surface area contributed by atoms with Crippen molar-refractivity contribution in [3.8, 4) is 0 Å². The van der Waals surface area contributed by atoms with E-state index in [4.69, 9.17) is 9.47 Å². The molecule has 14 heteroatoms. The molecule has 0 aliphatic heterocycles. The van der Waals surface area contributed by atoms with Crippen LogP contribution in [0.25, 0.3) is 0 Å². The molecule has 0 radical (unpaired) electrons. The predicted molar refractivity (Wildman–Crippen MR) is 211 cm³/mol. The number of carbonyl (C=O) groups is 7. The van der Waals surface area contributed by atoms with Gasteiger partial charge in [-0.3, -0.25) is 28.8 Å². The summed E-state index contributed by atoms with van der Waals surface area (Å²) in [7, 11) is 0. The van der Waals surface area contributed by atoms with Crippen LogP contribution in [-0.4, -0.2) is 67.7 Å². The van der Waals surface area contributed by atoms with Crippen molar-refractivity contribution in [3.05, 3.63) is 118 Å². The maximum absolute atomic E-state index is 12.9. The van der Waals surface area contributed by atoms with E-state index in [1.807, 2.05) is 0 Å². The molecule has 0 bridgehead atoms. The number of allylic oxidation sites excluding steroid dienone is 1. The van der Waals surface area contributed by atoms with Crippen molar-refractivity contribution >= 4 is 41.2 Å². The average Bonchev–Trinajstić information content (AvgIpc) is 3.15. The molecule has 318 valence electrons. The second-order valence-corrected chi connectivity index (χ2v) is 13.0. The zero-order valence-corrected chi connectivity index (χ0v) is 34.0. The van der Waals surface area contributed by atoms with Crippen molar-refractivity contribution in [1.29, 1.82) is 0 Å². The first kappa shape index (κ1) is 49.2. The molecule has 1 atom stereocenters. The monoisotopic (exact) mass is 824 g/mol. The lowest BCUT2D eigenvalue weighted by Crippen LogP contribution is -2.36. The van der Waals surface area contributed by atoms with Gasteiger partial charge in [0.15, 0.2) is 17.3 Å². The van der Waals surface area contributed by atoms with Gasteiger partial charge in [0.05, 0.1) is 26.4 Å². The molecular formula is C45H51F3O11. The Labute approximate surface area is 342 Å². The van der Waals surface area contributed by atoms with Crippen molar-refractivity contribution in [2.75, 3.05) is 26.4 Å². The number of carbonyl (C=O) groups excluding carboxylic acids is 7. The van der Waals surface area contributed by atoms with Crippen LogP contribution < -0.4 is 0 Å². The smallest absolute Gasteiger partial charge is 0.342 e. The summed E-state index contributed by atoms with van der Waals surface area (Å²) in [5.74, 6) is -4.71. The Balaban J connectivity index is 0.000000287. The number of hydrogen-bond acceptors (Lipinski definition) is 11. The van der Waals surface area contributed by atoms with Gasteiger partial charge in [0.2, 0.25) is 0 Å². The molecule has 2 fully saturated rings. The van der Waals surface area contributed by atoms with E-state index in [0.29, 0.717) is 23.3 Å². The fraction of sp³-hybridized carbons (Fsp3) is 0.400. The molecule has 0 heterocycles. The van der Waals surface area contributed by atoms with Gasteiger partial charge in [0, 0.05) is 23.6 Å². The van der Waals surface area contributed by atoms with E-state index in [9.17, 15) is 46.7 Å². The Morgan fingerprint density at radius 3 is 1.42 bits per heavy atom. The minimum absolute atomic E-state index is 0.0663. The minimum atomic E-state index is -0.737. The van der Waals surface area contributed by atoms with Gasteiger partial charge in [-0.2, -0.15) is 0 Å². The molecule has 11 nitrogen and oxygen atoms in total. The fourth-order valence-corrected chi connectivity index (χ4v) is 5.55. The molecule has 2 saturated carbocycles. The van der Waals surface area contributed by atoms with Gasteiger partial charge < -0.3 is 18.9 Å². The number of hydrogen-bond donors (Lipinski definition) is 0. The molecule has 1 unspecified atom stereocenters. The molecule has 0 N–H and O–H groups in total. The van der Waals surface area contributed by atoms with Gasteiger partial charge in [-0.15, -0.1) is 0 Å². The summed E-state index contributed by atoms with van der Waals surface area (Å²) in [6.45, 7) is 9.47. The number of ether oxygens (including phenoxy) is 4. The Kier molecular flexibility index (Phi) is 21.8. The zero-order chi connectivity index (χ0) is 43.9. The number of halogens is 3. The van der Waals surface area contributed by atoms with Gasteiger partial charge in [-0.1, -0.05) is 12.0 Å². The fourth-order valence-electron chi connectivity index (χ4n) is 5.55. The molecule has 2 aliphatic rings. The molecular weight excluding hydrogens is 773 g/mol. The van der Waals surface area contributed by atoms with Crippen LogP contribution >= 0.6 is 0 Å². The highest BCUT2D eigenvalue weighted by Crippen LogP contribution is 2.36. The number of benzene rings is 3. The van der Waals surface area contributed by atoms with Crippen molar-refractivity contribution in [1.82, 2.24) is 0 Å². The summed E-state index contributed by atoms with van der Waals surface area (Å²) in [5.41, 5.74) is 1.95. The molecule has 59 heavy (non-hydrogen) atoms. The third kappa shape index (κ3) is 16.8. The quantitative estimate of drug-likeness (QED) is 0.0383. The Bertz CT molecular complexity index is 1890. The lowest BCUT2D eigenvalue weighted by molar-refractivity contribution is -0.149. The van der Waals surface area contributed by atoms with E-state index in [1.54, 1.807) is 27.7 Å². The van der Waals surface area contributed by atoms with Crippen LogP contribution in [0, 0.1) is 29.3 Å². The molecule has 5 rings (SSSR count). The number of rotatable bonds is 14. The number of ketones is 3. The molecule has 3 aromatic carbocycles. The largest absolute Gasteiger partial charge is 0.466 e. The molecule has 2 aliphatic carbocycles. The molecule has 0 saturated heterocycles. The van der Waals surface area contributed by atoms with Crippen LogP contribution in [0.1, 0.15) is 111 Å². The second-order valence-electron chi connectivity index (χ2n) is 13.0. The maximum Gasteiger partial charge on any atom is 0.342 e. The highest BCUT2D eigenvalue weighted by Gasteiger charge is 2.39. The molecule has 3 aromatic rings. The highest BCUT2D eigenvalue weighted by atomic mass is 19.1. The van der Waals surface area contributed by atoms with Gasteiger partial charge in [-0.25, -0.2) is 18.0 Å². The van der Waals surface area contributed by atoms with Gasteiger partial charge in [0.25, 0.3) is 0 Å². The van der Waals surface area contributed by atoms with Crippen LogP contribution in [0.4, 0.5) is 13.2 Å². The number of Topliss-reactive ketones (excluding diaryl/α,β-unsaturated/α-hetero) is 3. The minimum Gasteiger partial charge on any atom is -0.466 e. The van der Waals surface area contributed by atoms with Crippen LogP contribution in [0.2, 0.25) is 0 Å². The Hall–Kier alpha value is -5.92. The van der Waals surface area contributed by atoms with Crippen molar-refractivity contribution < 1.29 is 65.7 Å². The third-order valence-corrected chi connectivity index (χ3v) is 8.82. The van der Waals surface area contributed by atoms with Gasteiger partial charge in [0.1, 0.15) is 35.4 Å². The van der Waals surface area contributed by atoms with Crippen LogP contribution in [0.15, 0.2) is 83.9 Å². The lowest BCUT2D eigenvalue weighted by atomic mass is 9.73. The first-order valence-corrected chi connectivity index (χ1v) is 19.4. The average molecular weight is 825 g/mol. The van der Waals surface area contributed by atoms with E-state index in [1.165, 1.54) is 79.7 Å². The molecule has 0 spiro atoms. The topological polar surface area (TPSA) is 156 Å². The second kappa shape index (κ2) is 26.2. The third-order valence-electron chi connectivity index (χ3n) is 8.82. The summed E-state index contributed by atoms with van der Waals surface area (Å²) in [6.07, 6.45) is 4.96. The lowest BCUT2D eigenvalue weighted by Gasteiger charge is -2.31. The number of esters is 4. The van der Waals surface area contributed by atoms with E-state index in [0.717, 1.165) is 44.1 Å². The van der Waals surface area contributed by atoms with E-state index in [-0.39, 0.29) is 61.1 Å². The van der Waals surface area contributed by atoms with E-state index < -0.39 is 41.3 Å². The van der Waals surface area contributed by atoms with Gasteiger partial charge in [-0.05, 0) is 139 Å². The Morgan fingerprint density at radius 1 is 0.593 bits per heavy atom. The summed E-state index contributed by atoms with van der Waals surface area (Å²) in [6, 6.07) is 15.5. The van der Waals surface area contributed by atoms with E-state index in [2.05, 4.69) is 9.47 Å². The van der Waals surface area contributed by atoms with Crippen molar-refractivity contribution in [2.45, 2.75) is 79.6 Å². The summed E-state index contributed by atoms with van der Waals surface area (Å²) in [5, 5.41) is 0. The summed E-state index contributed by atoms with van der Waals surface area (Å²) >= 11 is 0.